The van der Waals surface area contributed by atoms with E-state index < -0.39 is 41.7 Å². The number of hydrogen-bond acceptors (Lipinski definition) is 5. The summed E-state index contributed by atoms with van der Waals surface area (Å²) in [4.78, 5) is 40.2. The zero-order chi connectivity index (χ0) is 29.1. The third kappa shape index (κ3) is 9.40. The quantitative estimate of drug-likeness (QED) is 0.271. The first-order valence-electron chi connectivity index (χ1n) is 13.4. The Morgan fingerprint density at radius 1 is 0.872 bits per heavy atom. The van der Waals surface area contributed by atoms with Crippen LogP contribution in [-0.4, -0.2) is 64.2 Å². The maximum Gasteiger partial charge on any atom is 0.253 e. The lowest BCUT2D eigenvalue weighted by Crippen LogP contribution is -2.50. The molecule has 0 aliphatic rings. The molecular weight excluding hydrogens is 508 g/mol. The fraction of sp³-hybridized carbons (Fsp3) is 0.483. The van der Waals surface area contributed by atoms with Gasteiger partial charge in [0, 0.05) is 35.8 Å². The molecule has 0 aromatic heterocycles. The lowest BCUT2D eigenvalue weighted by atomic mass is 9.94. The van der Waals surface area contributed by atoms with Crippen molar-refractivity contribution < 1.29 is 33.4 Å². The van der Waals surface area contributed by atoms with E-state index in [1.54, 1.807) is 4.90 Å². The van der Waals surface area contributed by atoms with Crippen LogP contribution in [0.15, 0.2) is 36.4 Å². The van der Waals surface area contributed by atoms with Crippen LogP contribution < -0.4 is 11.1 Å². The Morgan fingerprint density at radius 3 is 1.97 bits per heavy atom. The van der Waals surface area contributed by atoms with Crippen molar-refractivity contribution in [2.24, 2.45) is 5.73 Å². The standard InChI is InChI=1S/C29H39F2N3O5/c1-4-7-8-25(35)26(36)24(13-18-11-22(30)17-23(31)12-18)33-28(38)20-14-19(27(32)37)15-21(16-20)29(39)34(9-5-2)10-6-3/h11-12,14-17,24-26,35-36H,4-10,13H2,1-3H3,(H2,32,37)(H,33,38). The van der Waals surface area contributed by atoms with Crippen LogP contribution in [0.1, 0.15) is 89.5 Å². The molecule has 3 atom stereocenters. The van der Waals surface area contributed by atoms with Crippen molar-refractivity contribution in [3.8, 4) is 0 Å². The Kier molecular flexibility index (Phi) is 12.5. The van der Waals surface area contributed by atoms with Crippen LogP contribution in [0.3, 0.4) is 0 Å². The van der Waals surface area contributed by atoms with Gasteiger partial charge in [-0.2, -0.15) is 0 Å². The molecule has 2 rings (SSSR count). The highest BCUT2D eigenvalue weighted by molar-refractivity contribution is 6.04. The number of hydrogen-bond donors (Lipinski definition) is 4. The summed E-state index contributed by atoms with van der Waals surface area (Å²) >= 11 is 0. The lowest BCUT2D eigenvalue weighted by Gasteiger charge is -2.28. The molecule has 0 fully saturated rings. The molecule has 39 heavy (non-hydrogen) atoms. The van der Waals surface area contributed by atoms with Crippen LogP contribution >= 0.6 is 0 Å². The van der Waals surface area contributed by atoms with Gasteiger partial charge in [-0.3, -0.25) is 14.4 Å². The molecule has 2 aromatic carbocycles. The number of primary amides is 1. The Bertz CT molecular complexity index is 1120. The van der Waals surface area contributed by atoms with Gasteiger partial charge < -0.3 is 26.2 Å². The van der Waals surface area contributed by atoms with Crippen molar-refractivity contribution in [2.75, 3.05) is 13.1 Å². The minimum Gasteiger partial charge on any atom is -0.390 e. The Balaban J connectivity index is 2.44. The van der Waals surface area contributed by atoms with Gasteiger partial charge in [-0.1, -0.05) is 33.6 Å². The van der Waals surface area contributed by atoms with Crippen molar-refractivity contribution in [3.05, 3.63) is 70.3 Å². The molecule has 0 bridgehead atoms. The summed E-state index contributed by atoms with van der Waals surface area (Å²) in [7, 11) is 0. The van der Waals surface area contributed by atoms with E-state index in [9.17, 15) is 33.4 Å². The number of carbonyl (C=O) groups is 3. The van der Waals surface area contributed by atoms with Crippen molar-refractivity contribution >= 4 is 17.7 Å². The number of unbranched alkanes of at least 4 members (excludes halogenated alkanes) is 1. The number of aliphatic hydroxyl groups excluding tert-OH is 2. The minimum absolute atomic E-state index is 0.0498. The van der Waals surface area contributed by atoms with Crippen molar-refractivity contribution in [3.63, 3.8) is 0 Å². The van der Waals surface area contributed by atoms with Crippen LogP contribution in [0.2, 0.25) is 0 Å². The van der Waals surface area contributed by atoms with Gasteiger partial charge >= 0.3 is 0 Å². The Morgan fingerprint density at radius 2 is 1.44 bits per heavy atom. The molecule has 5 N–H and O–H groups in total. The average molecular weight is 548 g/mol. The Labute approximate surface area is 228 Å². The monoisotopic (exact) mass is 547 g/mol. The number of nitrogens with two attached hydrogens (primary N) is 1. The van der Waals surface area contributed by atoms with E-state index in [1.807, 2.05) is 20.8 Å². The number of benzene rings is 2. The van der Waals surface area contributed by atoms with Gasteiger partial charge in [-0.25, -0.2) is 8.78 Å². The van der Waals surface area contributed by atoms with E-state index >= 15 is 0 Å². The van der Waals surface area contributed by atoms with E-state index in [0.29, 0.717) is 25.6 Å². The predicted octanol–water partition coefficient (Wildman–Crippen LogP) is 3.58. The first-order valence-corrected chi connectivity index (χ1v) is 13.4. The first kappa shape index (κ1) is 31.8. The average Bonchev–Trinajstić information content (AvgIpc) is 2.89. The molecule has 0 aliphatic heterocycles. The molecule has 0 spiro atoms. The summed E-state index contributed by atoms with van der Waals surface area (Å²) in [6.07, 6.45) is 0.209. The number of amides is 3. The Hall–Kier alpha value is -3.37. The summed E-state index contributed by atoms with van der Waals surface area (Å²) in [6, 6.07) is 5.62. The summed E-state index contributed by atoms with van der Waals surface area (Å²) in [5.41, 5.74) is 5.63. The molecule has 3 amide bonds. The zero-order valence-corrected chi connectivity index (χ0v) is 22.8. The third-order valence-corrected chi connectivity index (χ3v) is 6.36. The van der Waals surface area contributed by atoms with Gasteiger partial charge in [0.05, 0.1) is 12.1 Å². The van der Waals surface area contributed by atoms with Gasteiger partial charge in [0.25, 0.3) is 11.8 Å². The van der Waals surface area contributed by atoms with E-state index in [0.717, 1.165) is 31.4 Å². The first-order chi connectivity index (χ1) is 18.5. The molecule has 0 aliphatic carbocycles. The topological polar surface area (TPSA) is 133 Å². The second-order valence-corrected chi connectivity index (χ2v) is 9.72. The van der Waals surface area contributed by atoms with Crippen LogP contribution in [0.5, 0.6) is 0 Å². The highest BCUT2D eigenvalue weighted by atomic mass is 19.1. The second-order valence-electron chi connectivity index (χ2n) is 9.72. The van der Waals surface area contributed by atoms with E-state index in [2.05, 4.69) is 5.32 Å². The van der Waals surface area contributed by atoms with Gasteiger partial charge in [0.2, 0.25) is 5.91 Å². The molecule has 2 aromatic rings. The normalized spacial score (nSPS) is 13.4. The summed E-state index contributed by atoms with van der Waals surface area (Å²) in [5.74, 6) is -3.60. The fourth-order valence-electron chi connectivity index (χ4n) is 4.41. The molecule has 10 heteroatoms. The van der Waals surface area contributed by atoms with Gasteiger partial charge in [-0.05, 0) is 61.6 Å². The maximum atomic E-state index is 13.8. The van der Waals surface area contributed by atoms with Crippen LogP contribution in [0.25, 0.3) is 0 Å². The third-order valence-electron chi connectivity index (χ3n) is 6.36. The molecular formula is C29H39F2N3O5. The highest BCUT2D eigenvalue weighted by Crippen LogP contribution is 2.18. The highest BCUT2D eigenvalue weighted by Gasteiger charge is 2.29. The van der Waals surface area contributed by atoms with E-state index in [4.69, 9.17) is 5.73 Å². The van der Waals surface area contributed by atoms with Gasteiger partial charge in [-0.15, -0.1) is 0 Å². The summed E-state index contributed by atoms with van der Waals surface area (Å²) < 4.78 is 27.7. The largest absolute Gasteiger partial charge is 0.390 e. The number of halogens is 2. The summed E-state index contributed by atoms with van der Waals surface area (Å²) in [5, 5.41) is 24.0. The van der Waals surface area contributed by atoms with Crippen LogP contribution in [-0.2, 0) is 6.42 Å². The van der Waals surface area contributed by atoms with Gasteiger partial charge in [0.1, 0.15) is 17.7 Å². The SMILES string of the molecule is CCCCC(O)C(O)C(Cc1cc(F)cc(F)c1)NC(=O)c1cc(C(N)=O)cc(C(=O)N(CCC)CCC)c1. The van der Waals surface area contributed by atoms with E-state index in [1.165, 1.54) is 18.2 Å². The summed E-state index contributed by atoms with van der Waals surface area (Å²) in [6.45, 7) is 6.76. The van der Waals surface area contributed by atoms with Gasteiger partial charge in [0.15, 0.2) is 0 Å². The number of carbonyl (C=O) groups excluding carboxylic acids is 3. The fourth-order valence-corrected chi connectivity index (χ4v) is 4.41. The molecule has 3 unspecified atom stereocenters. The number of aliphatic hydroxyl groups is 2. The molecule has 0 saturated heterocycles. The predicted molar refractivity (Wildman–Crippen MR) is 144 cm³/mol. The number of nitrogens with one attached hydrogen (secondary N) is 1. The number of rotatable bonds is 15. The molecule has 0 radical (unpaired) electrons. The molecule has 8 nitrogen and oxygen atoms in total. The zero-order valence-electron chi connectivity index (χ0n) is 22.8. The molecule has 0 heterocycles. The maximum absolute atomic E-state index is 13.8. The van der Waals surface area contributed by atoms with Crippen LogP contribution in [0.4, 0.5) is 8.78 Å². The molecule has 0 saturated carbocycles. The smallest absolute Gasteiger partial charge is 0.253 e. The second kappa shape index (κ2) is 15.3. The number of nitrogens with zero attached hydrogens (tertiary/aromatic N) is 1. The lowest BCUT2D eigenvalue weighted by molar-refractivity contribution is -0.00815. The van der Waals surface area contributed by atoms with E-state index in [-0.39, 0.29) is 41.0 Å². The molecule has 214 valence electrons. The van der Waals surface area contributed by atoms with Crippen molar-refractivity contribution in [2.45, 2.75) is 77.5 Å². The van der Waals surface area contributed by atoms with Crippen molar-refractivity contribution in [1.29, 1.82) is 0 Å². The van der Waals surface area contributed by atoms with Crippen LogP contribution in [0, 0.1) is 11.6 Å². The minimum atomic E-state index is -1.46. The van der Waals surface area contributed by atoms with Crippen molar-refractivity contribution in [1.82, 2.24) is 10.2 Å².